The summed E-state index contributed by atoms with van der Waals surface area (Å²) in [4.78, 5) is 12.1. The van der Waals surface area contributed by atoms with Gasteiger partial charge in [0.05, 0.1) is 0 Å². The van der Waals surface area contributed by atoms with Gasteiger partial charge in [0, 0.05) is 5.92 Å². The van der Waals surface area contributed by atoms with Crippen molar-refractivity contribution in [2.45, 2.75) is 25.7 Å². The van der Waals surface area contributed by atoms with E-state index in [9.17, 15) is 13.6 Å². The molecular weight excluding hydrogens is 250 g/mol. The number of hydrogen-bond donors (Lipinski definition) is 2. The highest BCUT2D eigenvalue weighted by Crippen LogP contribution is 2.31. The van der Waals surface area contributed by atoms with Crippen molar-refractivity contribution in [3.63, 3.8) is 0 Å². The minimum Gasteiger partial charge on any atom is -0.330 e. The van der Waals surface area contributed by atoms with Gasteiger partial charge in [-0.1, -0.05) is 18.9 Å². The van der Waals surface area contributed by atoms with E-state index in [0.29, 0.717) is 6.54 Å². The third-order valence-corrected chi connectivity index (χ3v) is 3.76. The van der Waals surface area contributed by atoms with Gasteiger partial charge >= 0.3 is 0 Å². The molecule has 0 heterocycles. The standard InChI is InChI=1S/C14H18F2N2O/c15-11-6-3-7-12(16)13(11)18-14(19)10-5-2-1-4-9(10)8-17/h3,6-7,9-10H,1-2,4-5,8,17H2,(H,18,19). The highest BCUT2D eigenvalue weighted by Gasteiger charge is 2.30. The van der Waals surface area contributed by atoms with Gasteiger partial charge in [0.2, 0.25) is 5.91 Å². The summed E-state index contributed by atoms with van der Waals surface area (Å²) < 4.78 is 27.0. The second-order valence-electron chi connectivity index (χ2n) is 4.97. The van der Waals surface area contributed by atoms with Crippen molar-refractivity contribution >= 4 is 11.6 Å². The highest BCUT2D eigenvalue weighted by atomic mass is 19.1. The number of nitrogens with one attached hydrogen (secondary N) is 1. The van der Waals surface area contributed by atoms with Crippen molar-refractivity contribution < 1.29 is 13.6 Å². The fraction of sp³-hybridized carbons (Fsp3) is 0.500. The summed E-state index contributed by atoms with van der Waals surface area (Å²) >= 11 is 0. The smallest absolute Gasteiger partial charge is 0.227 e. The molecule has 1 aromatic carbocycles. The molecule has 0 aromatic heterocycles. The molecule has 1 saturated carbocycles. The van der Waals surface area contributed by atoms with E-state index in [-0.39, 0.29) is 23.4 Å². The number of benzene rings is 1. The SMILES string of the molecule is NCC1CCCCC1C(=O)Nc1c(F)cccc1F. The Labute approximate surface area is 111 Å². The van der Waals surface area contributed by atoms with Crippen LogP contribution in [0.1, 0.15) is 25.7 Å². The van der Waals surface area contributed by atoms with Gasteiger partial charge in [-0.15, -0.1) is 0 Å². The molecule has 3 N–H and O–H groups in total. The maximum Gasteiger partial charge on any atom is 0.227 e. The molecule has 104 valence electrons. The quantitative estimate of drug-likeness (QED) is 0.885. The topological polar surface area (TPSA) is 55.1 Å². The van der Waals surface area contributed by atoms with Crippen LogP contribution >= 0.6 is 0 Å². The molecule has 0 radical (unpaired) electrons. The van der Waals surface area contributed by atoms with Crippen LogP contribution in [0.4, 0.5) is 14.5 Å². The molecule has 0 aliphatic heterocycles. The Kier molecular flexibility index (Phi) is 4.47. The maximum atomic E-state index is 13.5. The van der Waals surface area contributed by atoms with Gasteiger partial charge in [-0.05, 0) is 37.4 Å². The van der Waals surface area contributed by atoms with Gasteiger partial charge in [0.25, 0.3) is 0 Å². The molecule has 0 saturated heterocycles. The molecule has 2 unspecified atom stereocenters. The lowest BCUT2D eigenvalue weighted by molar-refractivity contribution is -0.122. The van der Waals surface area contributed by atoms with E-state index in [2.05, 4.69) is 5.32 Å². The Morgan fingerprint density at radius 1 is 1.26 bits per heavy atom. The van der Waals surface area contributed by atoms with Crippen LogP contribution in [-0.4, -0.2) is 12.5 Å². The predicted molar refractivity (Wildman–Crippen MR) is 69.5 cm³/mol. The van der Waals surface area contributed by atoms with E-state index < -0.39 is 11.6 Å². The van der Waals surface area contributed by atoms with Gasteiger partial charge < -0.3 is 11.1 Å². The summed E-state index contributed by atoms with van der Waals surface area (Å²) in [6.07, 6.45) is 3.63. The lowest BCUT2D eigenvalue weighted by Gasteiger charge is -2.29. The van der Waals surface area contributed by atoms with Crippen LogP contribution in [-0.2, 0) is 4.79 Å². The summed E-state index contributed by atoms with van der Waals surface area (Å²) in [5, 5.41) is 2.37. The van der Waals surface area contributed by atoms with Gasteiger partial charge in [-0.2, -0.15) is 0 Å². The molecule has 3 nitrogen and oxygen atoms in total. The molecule has 0 bridgehead atoms. The van der Waals surface area contributed by atoms with E-state index in [1.165, 1.54) is 6.07 Å². The number of hydrogen-bond acceptors (Lipinski definition) is 2. The molecule has 1 aliphatic rings. The van der Waals surface area contributed by atoms with Crippen LogP contribution in [0, 0.1) is 23.5 Å². The average molecular weight is 268 g/mol. The first kappa shape index (κ1) is 13.9. The molecule has 0 spiro atoms. The van der Waals surface area contributed by atoms with Gasteiger partial charge in [-0.25, -0.2) is 8.78 Å². The first-order valence-electron chi connectivity index (χ1n) is 6.58. The fourth-order valence-corrected chi connectivity index (χ4v) is 2.67. The minimum absolute atomic E-state index is 0.101. The van der Waals surface area contributed by atoms with Crippen LogP contribution in [0.2, 0.25) is 0 Å². The molecular formula is C14H18F2N2O. The Morgan fingerprint density at radius 3 is 2.53 bits per heavy atom. The Bertz CT molecular complexity index is 445. The molecule has 19 heavy (non-hydrogen) atoms. The van der Waals surface area contributed by atoms with E-state index >= 15 is 0 Å². The monoisotopic (exact) mass is 268 g/mol. The Hall–Kier alpha value is -1.49. The predicted octanol–water partition coefficient (Wildman–Crippen LogP) is 2.67. The zero-order valence-corrected chi connectivity index (χ0v) is 10.7. The van der Waals surface area contributed by atoms with Crippen LogP contribution in [0.3, 0.4) is 0 Å². The van der Waals surface area contributed by atoms with E-state index in [4.69, 9.17) is 5.73 Å². The first-order valence-corrected chi connectivity index (χ1v) is 6.58. The summed E-state index contributed by atoms with van der Waals surface area (Å²) in [5.74, 6) is -2.00. The molecule has 1 aliphatic carbocycles. The highest BCUT2D eigenvalue weighted by molar-refractivity contribution is 5.93. The third-order valence-electron chi connectivity index (χ3n) is 3.76. The van der Waals surface area contributed by atoms with Crippen LogP contribution in [0.15, 0.2) is 18.2 Å². The second-order valence-corrected chi connectivity index (χ2v) is 4.97. The lowest BCUT2D eigenvalue weighted by atomic mass is 9.78. The van der Waals surface area contributed by atoms with Crippen LogP contribution in [0.5, 0.6) is 0 Å². The lowest BCUT2D eigenvalue weighted by Crippen LogP contribution is -2.36. The number of nitrogens with two attached hydrogens (primary N) is 1. The molecule has 1 fully saturated rings. The van der Waals surface area contributed by atoms with Crippen molar-refractivity contribution in [3.8, 4) is 0 Å². The number of anilines is 1. The third kappa shape index (κ3) is 3.10. The molecule has 1 amide bonds. The molecule has 2 atom stereocenters. The first-order chi connectivity index (χ1) is 9.13. The molecule has 5 heteroatoms. The number of carbonyl (C=O) groups is 1. The van der Waals surface area contributed by atoms with Crippen LogP contribution < -0.4 is 11.1 Å². The van der Waals surface area contributed by atoms with E-state index in [1.807, 2.05) is 0 Å². The van der Waals surface area contributed by atoms with Crippen molar-refractivity contribution in [2.75, 3.05) is 11.9 Å². The van der Waals surface area contributed by atoms with Gasteiger partial charge in [0.1, 0.15) is 17.3 Å². The van der Waals surface area contributed by atoms with Crippen LogP contribution in [0.25, 0.3) is 0 Å². The summed E-state index contributed by atoms with van der Waals surface area (Å²) in [6.45, 7) is 0.428. The molecule has 2 rings (SSSR count). The maximum absolute atomic E-state index is 13.5. The minimum atomic E-state index is -0.756. The Morgan fingerprint density at radius 2 is 1.89 bits per heavy atom. The van der Waals surface area contributed by atoms with E-state index in [1.54, 1.807) is 0 Å². The number of halogens is 2. The van der Waals surface area contributed by atoms with Crippen molar-refractivity contribution in [1.29, 1.82) is 0 Å². The summed E-state index contributed by atoms with van der Waals surface area (Å²) in [7, 11) is 0. The van der Waals surface area contributed by atoms with Crippen molar-refractivity contribution in [1.82, 2.24) is 0 Å². The number of carbonyl (C=O) groups excluding carboxylic acids is 1. The zero-order valence-electron chi connectivity index (χ0n) is 10.7. The van der Waals surface area contributed by atoms with E-state index in [0.717, 1.165) is 37.8 Å². The average Bonchev–Trinajstić information content (AvgIpc) is 2.42. The van der Waals surface area contributed by atoms with Gasteiger partial charge in [0.15, 0.2) is 0 Å². The summed E-state index contributed by atoms with van der Waals surface area (Å²) in [6, 6.07) is 3.52. The van der Waals surface area contributed by atoms with Gasteiger partial charge in [-0.3, -0.25) is 4.79 Å². The largest absolute Gasteiger partial charge is 0.330 e. The molecule has 1 aromatic rings. The van der Waals surface area contributed by atoms with Crippen molar-refractivity contribution in [3.05, 3.63) is 29.8 Å². The normalized spacial score (nSPS) is 23.1. The second kappa shape index (κ2) is 6.10. The number of para-hydroxylation sites is 1. The number of amides is 1. The van der Waals surface area contributed by atoms with Crippen molar-refractivity contribution in [2.24, 2.45) is 17.6 Å². The zero-order chi connectivity index (χ0) is 13.8. The number of rotatable bonds is 3. The Balaban J connectivity index is 2.12. The summed E-state index contributed by atoms with van der Waals surface area (Å²) in [5.41, 5.74) is 5.29. The fourth-order valence-electron chi connectivity index (χ4n) is 2.67.